The summed E-state index contributed by atoms with van der Waals surface area (Å²) in [7, 11) is 0. The van der Waals surface area contributed by atoms with Gasteiger partial charge in [-0.2, -0.15) is 0 Å². The second kappa shape index (κ2) is 10.6. The van der Waals surface area contributed by atoms with Gasteiger partial charge in [0.15, 0.2) is 0 Å². The van der Waals surface area contributed by atoms with E-state index in [1.54, 1.807) is 0 Å². The van der Waals surface area contributed by atoms with Crippen molar-refractivity contribution < 1.29 is 23.7 Å². The zero-order chi connectivity index (χ0) is 26.0. The summed E-state index contributed by atoms with van der Waals surface area (Å²) in [6, 6.07) is 7.53. The van der Waals surface area contributed by atoms with Gasteiger partial charge in [-0.25, -0.2) is 0 Å². The number of carbonyl (C=O) groups is 2. The molecule has 1 aliphatic carbocycles. The third-order valence-corrected chi connectivity index (χ3v) is 6.75. The molecule has 0 unspecified atom stereocenters. The van der Waals surface area contributed by atoms with Crippen molar-refractivity contribution >= 4 is 23.4 Å². The molecule has 36 heavy (non-hydrogen) atoms. The van der Waals surface area contributed by atoms with Gasteiger partial charge in [-0.05, 0) is 54.7 Å². The molecule has 3 aromatic rings. The number of aliphatic carboxylic acids is 1. The van der Waals surface area contributed by atoms with Gasteiger partial charge in [0.2, 0.25) is 0 Å². The van der Waals surface area contributed by atoms with Crippen LogP contribution in [0.2, 0.25) is 5.02 Å². The third-order valence-electron chi connectivity index (χ3n) is 6.40. The van der Waals surface area contributed by atoms with Crippen LogP contribution in [0.3, 0.4) is 0 Å². The summed E-state index contributed by atoms with van der Waals surface area (Å²) in [4.78, 5) is 24.5. The molecule has 0 aliphatic heterocycles. The summed E-state index contributed by atoms with van der Waals surface area (Å²) in [5, 5.41) is 18.5. The topological polar surface area (TPSA) is 106 Å². The highest BCUT2D eigenvalue weighted by Crippen LogP contribution is 2.48. The molecule has 1 N–H and O–H groups in total. The van der Waals surface area contributed by atoms with Crippen molar-refractivity contribution in [3.63, 3.8) is 0 Å². The van der Waals surface area contributed by atoms with Crippen LogP contribution < -0.4 is 0 Å². The Balaban J connectivity index is 1.60. The molecular formula is C28H33ClN2O5. The standard InChI is InChI=1S/C28H33ClN2O5/c1-16-5-6-18(22(29)11-16)12-20(32)13-19(9-10-24(33)34)27-25(17-7-8-17)26(31-36-27)23-14-21(35-30-23)15-28(2,3)4/h5-6,11,14,17,19H,7-10,12-13,15H2,1-4H3,(H,33,34)/t19-/m0/s1. The summed E-state index contributed by atoms with van der Waals surface area (Å²) >= 11 is 6.34. The van der Waals surface area contributed by atoms with Crippen LogP contribution in [-0.4, -0.2) is 27.2 Å². The molecule has 192 valence electrons. The summed E-state index contributed by atoms with van der Waals surface area (Å²) < 4.78 is 11.4. The van der Waals surface area contributed by atoms with Gasteiger partial charge in [-0.15, -0.1) is 0 Å². The van der Waals surface area contributed by atoms with Crippen LogP contribution in [0.1, 0.15) is 92.9 Å². The van der Waals surface area contributed by atoms with Gasteiger partial charge in [0.25, 0.3) is 0 Å². The minimum absolute atomic E-state index is 0.0234. The van der Waals surface area contributed by atoms with Crippen LogP contribution in [0.5, 0.6) is 0 Å². The van der Waals surface area contributed by atoms with Gasteiger partial charge < -0.3 is 14.2 Å². The fraction of sp³-hybridized carbons (Fsp3) is 0.500. The molecule has 0 radical (unpaired) electrons. The van der Waals surface area contributed by atoms with E-state index in [1.807, 2.05) is 31.2 Å². The number of carboxylic acid groups (broad SMARTS) is 1. The smallest absolute Gasteiger partial charge is 0.303 e. The molecule has 2 aromatic heterocycles. The number of halogens is 1. The van der Waals surface area contributed by atoms with Crippen molar-refractivity contribution in [1.29, 1.82) is 0 Å². The van der Waals surface area contributed by atoms with Crippen LogP contribution in [0.15, 0.2) is 33.3 Å². The zero-order valence-electron chi connectivity index (χ0n) is 21.3. The number of ketones is 1. The van der Waals surface area contributed by atoms with Crippen molar-refractivity contribution in [2.24, 2.45) is 5.41 Å². The molecule has 1 aliphatic rings. The molecule has 7 nitrogen and oxygen atoms in total. The summed E-state index contributed by atoms with van der Waals surface area (Å²) in [5.74, 6) is 0.303. The lowest BCUT2D eigenvalue weighted by molar-refractivity contribution is -0.137. The predicted octanol–water partition coefficient (Wildman–Crippen LogP) is 6.91. The van der Waals surface area contributed by atoms with E-state index in [2.05, 4.69) is 31.1 Å². The maximum atomic E-state index is 13.1. The highest BCUT2D eigenvalue weighted by Gasteiger charge is 2.37. The molecule has 2 heterocycles. The molecule has 1 saturated carbocycles. The number of aromatic nitrogens is 2. The van der Waals surface area contributed by atoms with Crippen LogP contribution >= 0.6 is 11.6 Å². The highest BCUT2D eigenvalue weighted by atomic mass is 35.5. The van der Waals surface area contributed by atoms with E-state index in [0.29, 0.717) is 22.2 Å². The Morgan fingerprint density at radius 3 is 2.56 bits per heavy atom. The Morgan fingerprint density at radius 2 is 1.92 bits per heavy atom. The van der Waals surface area contributed by atoms with Crippen molar-refractivity contribution in [1.82, 2.24) is 10.3 Å². The number of benzene rings is 1. The summed E-state index contributed by atoms with van der Waals surface area (Å²) in [6.07, 6.45) is 3.27. The van der Waals surface area contributed by atoms with E-state index >= 15 is 0 Å². The van der Waals surface area contributed by atoms with E-state index in [1.165, 1.54) is 0 Å². The van der Waals surface area contributed by atoms with Gasteiger partial charge in [0.1, 0.15) is 28.7 Å². The molecule has 4 rings (SSSR count). The Labute approximate surface area is 216 Å². The molecule has 0 amide bonds. The predicted molar refractivity (Wildman–Crippen MR) is 136 cm³/mol. The number of nitrogens with zero attached hydrogens (tertiary/aromatic N) is 2. The molecule has 0 spiro atoms. The SMILES string of the molecule is Cc1ccc(CC(=O)C[C@H](CCC(=O)O)c2onc(-c3cc(CC(C)(C)C)on3)c2C2CC2)c(Cl)c1. The maximum absolute atomic E-state index is 13.1. The number of aryl methyl sites for hydroxylation is 1. The third kappa shape index (κ3) is 6.64. The minimum Gasteiger partial charge on any atom is -0.481 e. The minimum atomic E-state index is -0.912. The van der Waals surface area contributed by atoms with E-state index in [4.69, 9.17) is 20.6 Å². The average Bonchev–Trinajstić information content (AvgIpc) is 3.35. The quantitative estimate of drug-likeness (QED) is 0.297. The normalized spacial score (nSPS) is 14.7. The van der Waals surface area contributed by atoms with Crippen LogP contribution in [0, 0.1) is 12.3 Å². The Bertz CT molecular complexity index is 1250. The summed E-state index contributed by atoms with van der Waals surface area (Å²) in [6.45, 7) is 8.34. The zero-order valence-corrected chi connectivity index (χ0v) is 22.0. The van der Waals surface area contributed by atoms with Crippen molar-refractivity contribution in [2.45, 2.75) is 84.5 Å². The van der Waals surface area contributed by atoms with Crippen molar-refractivity contribution in [2.75, 3.05) is 0 Å². The first kappa shape index (κ1) is 26.1. The number of hydrogen-bond acceptors (Lipinski definition) is 6. The molecular weight excluding hydrogens is 480 g/mol. The van der Waals surface area contributed by atoms with Gasteiger partial charge in [0, 0.05) is 48.3 Å². The largest absolute Gasteiger partial charge is 0.481 e. The highest BCUT2D eigenvalue weighted by molar-refractivity contribution is 6.31. The number of Topliss-reactive ketones (excluding diaryl/α,β-unsaturated/α-hetero) is 1. The number of carbonyl (C=O) groups excluding carboxylic acids is 1. The van der Waals surface area contributed by atoms with Gasteiger partial charge in [0.05, 0.1) is 0 Å². The first-order valence-corrected chi connectivity index (χ1v) is 12.8. The Hall–Kier alpha value is -2.93. The Kier molecular flexibility index (Phi) is 7.69. The first-order valence-electron chi connectivity index (χ1n) is 12.4. The van der Waals surface area contributed by atoms with Crippen molar-refractivity contribution in [3.8, 4) is 11.4 Å². The first-order chi connectivity index (χ1) is 17.0. The molecule has 0 bridgehead atoms. The molecule has 0 saturated heterocycles. The fourth-order valence-electron chi connectivity index (χ4n) is 4.56. The Morgan fingerprint density at radius 1 is 1.17 bits per heavy atom. The van der Waals surface area contributed by atoms with Gasteiger partial charge in [-0.3, -0.25) is 9.59 Å². The molecule has 8 heteroatoms. The van der Waals surface area contributed by atoms with E-state index in [9.17, 15) is 14.7 Å². The number of rotatable bonds is 11. The number of hydrogen-bond donors (Lipinski definition) is 1. The van der Waals surface area contributed by atoms with Crippen LogP contribution in [-0.2, 0) is 22.4 Å². The lowest BCUT2D eigenvalue weighted by atomic mass is 9.88. The van der Waals surface area contributed by atoms with E-state index in [-0.39, 0.29) is 42.8 Å². The van der Waals surface area contributed by atoms with E-state index in [0.717, 1.165) is 41.7 Å². The van der Waals surface area contributed by atoms with Gasteiger partial charge >= 0.3 is 5.97 Å². The average molecular weight is 513 g/mol. The second-order valence-electron chi connectivity index (χ2n) is 11.1. The molecule has 1 aromatic carbocycles. The maximum Gasteiger partial charge on any atom is 0.303 e. The lowest BCUT2D eigenvalue weighted by Gasteiger charge is -2.15. The van der Waals surface area contributed by atoms with Crippen LogP contribution in [0.4, 0.5) is 0 Å². The second-order valence-corrected chi connectivity index (χ2v) is 11.6. The number of carboxylic acids is 1. The van der Waals surface area contributed by atoms with Crippen LogP contribution in [0.25, 0.3) is 11.4 Å². The van der Waals surface area contributed by atoms with Crippen molar-refractivity contribution in [3.05, 3.63) is 57.5 Å². The monoisotopic (exact) mass is 512 g/mol. The fourth-order valence-corrected chi connectivity index (χ4v) is 4.87. The summed E-state index contributed by atoms with van der Waals surface area (Å²) in [5.41, 5.74) is 4.01. The molecule has 1 fully saturated rings. The lowest BCUT2D eigenvalue weighted by Crippen LogP contribution is -2.12. The van der Waals surface area contributed by atoms with E-state index < -0.39 is 11.9 Å². The van der Waals surface area contributed by atoms with Gasteiger partial charge in [-0.1, -0.05) is 54.8 Å². The molecule has 1 atom stereocenters.